The summed E-state index contributed by atoms with van der Waals surface area (Å²) in [5, 5.41) is 11.4. The molecule has 0 unspecified atom stereocenters. The second-order valence-electron chi connectivity index (χ2n) is 7.65. The fourth-order valence-corrected chi connectivity index (χ4v) is 3.96. The lowest BCUT2D eigenvalue weighted by Crippen LogP contribution is -2.25. The van der Waals surface area contributed by atoms with Gasteiger partial charge in [-0.1, -0.05) is 6.07 Å². The van der Waals surface area contributed by atoms with E-state index in [1.54, 1.807) is 37.3 Å². The Morgan fingerprint density at radius 1 is 1.06 bits per heavy atom. The Morgan fingerprint density at radius 2 is 1.81 bits per heavy atom. The number of aromatic nitrogens is 1. The maximum atomic E-state index is 13.5. The molecule has 0 aliphatic carbocycles. The van der Waals surface area contributed by atoms with Crippen LogP contribution in [0.25, 0.3) is 11.6 Å². The number of hydrogen-bond acceptors (Lipinski definition) is 5. The molecule has 0 atom stereocenters. The van der Waals surface area contributed by atoms with Gasteiger partial charge >= 0.3 is 0 Å². The molecule has 0 bridgehead atoms. The number of aromatic amines is 1. The van der Waals surface area contributed by atoms with Crippen LogP contribution in [-0.2, 0) is 11.3 Å². The highest BCUT2D eigenvalue weighted by Crippen LogP contribution is 2.41. The number of nitrogens with zero attached hydrogens (tertiary/aromatic N) is 2. The number of amides is 1. The Bertz CT molecular complexity index is 1260. The van der Waals surface area contributed by atoms with Gasteiger partial charge in [0.1, 0.15) is 0 Å². The van der Waals surface area contributed by atoms with Crippen LogP contribution < -0.4 is 14.4 Å². The van der Waals surface area contributed by atoms with Gasteiger partial charge in [-0.15, -0.1) is 0 Å². The molecule has 2 aromatic carbocycles. The zero-order valence-electron chi connectivity index (χ0n) is 18.3. The predicted octanol–water partition coefficient (Wildman–Crippen LogP) is 4.64. The Labute approximate surface area is 185 Å². The van der Waals surface area contributed by atoms with Gasteiger partial charge in [-0.2, -0.15) is 0 Å². The minimum absolute atomic E-state index is 0.0604. The number of non-ortho nitro benzene ring substituents is 1. The van der Waals surface area contributed by atoms with Crippen LogP contribution in [0.2, 0.25) is 0 Å². The molecule has 1 N–H and O–H groups in total. The predicted molar refractivity (Wildman–Crippen MR) is 122 cm³/mol. The summed E-state index contributed by atoms with van der Waals surface area (Å²) in [7, 11) is 3.12. The van der Waals surface area contributed by atoms with Gasteiger partial charge in [-0.3, -0.25) is 14.9 Å². The topological polar surface area (TPSA) is 97.7 Å². The van der Waals surface area contributed by atoms with Gasteiger partial charge < -0.3 is 19.4 Å². The summed E-state index contributed by atoms with van der Waals surface area (Å²) >= 11 is 0. The lowest BCUT2D eigenvalue weighted by atomic mass is 10.0. The molecular formula is C24H23N3O5. The molecular weight excluding hydrogens is 410 g/mol. The number of carbonyl (C=O) groups is 1. The Hall–Kier alpha value is -4.07. The molecule has 0 saturated heterocycles. The number of ether oxygens (including phenoxy) is 2. The van der Waals surface area contributed by atoms with E-state index in [0.717, 1.165) is 22.5 Å². The zero-order chi connectivity index (χ0) is 23.0. The van der Waals surface area contributed by atoms with Crippen molar-refractivity contribution in [2.75, 3.05) is 19.1 Å². The molecule has 1 aliphatic heterocycles. The standard InChI is InChI=1S/C24H23N3O5/c1-14-9-15(2)25-20(14)12-19-18-11-17(27(29)30)6-7-21(18)26(24(19)28)13-16-5-8-22(31-3)23(10-16)32-4/h5-12,25H,13H2,1-4H3/b19-12-. The quantitative estimate of drug-likeness (QED) is 0.347. The Balaban J connectivity index is 1.79. The molecule has 1 aromatic heterocycles. The van der Waals surface area contributed by atoms with E-state index in [4.69, 9.17) is 9.47 Å². The summed E-state index contributed by atoms with van der Waals surface area (Å²) < 4.78 is 10.7. The van der Waals surface area contributed by atoms with Gasteiger partial charge in [0.05, 0.1) is 36.9 Å². The van der Waals surface area contributed by atoms with Crippen molar-refractivity contribution in [1.29, 1.82) is 0 Å². The first-order valence-electron chi connectivity index (χ1n) is 10.0. The van der Waals surface area contributed by atoms with Gasteiger partial charge in [0.2, 0.25) is 0 Å². The lowest BCUT2D eigenvalue weighted by molar-refractivity contribution is -0.384. The van der Waals surface area contributed by atoms with Crippen molar-refractivity contribution in [3.63, 3.8) is 0 Å². The van der Waals surface area contributed by atoms with E-state index >= 15 is 0 Å². The van der Waals surface area contributed by atoms with E-state index in [9.17, 15) is 14.9 Å². The normalized spacial score (nSPS) is 14.1. The van der Waals surface area contributed by atoms with E-state index in [2.05, 4.69) is 4.98 Å². The number of nitrogens with one attached hydrogen (secondary N) is 1. The van der Waals surface area contributed by atoms with Crippen LogP contribution in [0, 0.1) is 24.0 Å². The SMILES string of the molecule is COc1ccc(CN2C(=O)/C(=C\c3[nH]c(C)cc3C)c3cc([N+](=O)[O-])ccc32)cc1OC. The van der Waals surface area contributed by atoms with Crippen LogP contribution in [0.3, 0.4) is 0 Å². The third-order valence-corrected chi connectivity index (χ3v) is 5.51. The average molecular weight is 433 g/mol. The summed E-state index contributed by atoms with van der Waals surface area (Å²) in [6.07, 6.45) is 1.77. The number of hydrogen-bond donors (Lipinski definition) is 1. The Morgan fingerprint density at radius 3 is 2.44 bits per heavy atom. The molecule has 0 fully saturated rings. The molecule has 8 nitrogen and oxygen atoms in total. The number of nitro benzene ring substituents is 1. The van der Waals surface area contributed by atoms with Gasteiger partial charge in [-0.05, 0) is 55.3 Å². The first-order valence-corrected chi connectivity index (χ1v) is 10.0. The first-order chi connectivity index (χ1) is 15.3. The van der Waals surface area contributed by atoms with E-state index in [-0.39, 0.29) is 18.1 Å². The number of benzene rings is 2. The van der Waals surface area contributed by atoms with Crippen molar-refractivity contribution in [1.82, 2.24) is 4.98 Å². The number of anilines is 1. The van der Waals surface area contributed by atoms with E-state index < -0.39 is 4.92 Å². The van der Waals surface area contributed by atoms with Crippen molar-refractivity contribution in [2.24, 2.45) is 0 Å². The number of rotatable bonds is 6. The number of methoxy groups -OCH3 is 2. The molecule has 4 rings (SSSR count). The van der Waals surface area contributed by atoms with Crippen LogP contribution in [0.4, 0.5) is 11.4 Å². The minimum atomic E-state index is -0.455. The van der Waals surface area contributed by atoms with Crippen molar-refractivity contribution in [3.05, 3.63) is 80.7 Å². The van der Waals surface area contributed by atoms with Crippen LogP contribution in [0.5, 0.6) is 11.5 Å². The molecule has 3 aromatic rings. The molecule has 32 heavy (non-hydrogen) atoms. The minimum Gasteiger partial charge on any atom is -0.493 e. The van der Waals surface area contributed by atoms with Gasteiger partial charge in [-0.25, -0.2) is 0 Å². The molecule has 0 spiro atoms. The lowest BCUT2D eigenvalue weighted by Gasteiger charge is -2.18. The van der Waals surface area contributed by atoms with Gasteiger partial charge in [0.25, 0.3) is 11.6 Å². The second-order valence-corrected chi connectivity index (χ2v) is 7.65. The molecule has 1 aliphatic rings. The van der Waals surface area contributed by atoms with E-state index in [1.165, 1.54) is 12.1 Å². The molecule has 0 radical (unpaired) electrons. The summed E-state index contributed by atoms with van der Waals surface area (Å²) in [4.78, 5) is 29.2. The van der Waals surface area contributed by atoms with Gasteiger partial charge in [0, 0.05) is 29.1 Å². The van der Waals surface area contributed by atoms with Crippen molar-refractivity contribution in [3.8, 4) is 11.5 Å². The number of H-pyrrole nitrogens is 1. The third-order valence-electron chi connectivity index (χ3n) is 5.51. The van der Waals surface area contributed by atoms with Crippen LogP contribution in [0.15, 0.2) is 42.5 Å². The molecule has 164 valence electrons. The highest BCUT2D eigenvalue weighted by atomic mass is 16.6. The van der Waals surface area contributed by atoms with E-state index in [1.807, 2.05) is 32.0 Å². The summed E-state index contributed by atoms with van der Waals surface area (Å²) in [6, 6.07) is 11.9. The number of fused-ring (bicyclic) bond motifs is 1. The molecule has 0 saturated carbocycles. The number of carbonyl (C=O) groups excluding carboxylic acids is 1. The fourth-order valence-electron chi connectivity index (χ4n) is 3.96. The summed E-state index contributed by atoms with van der Waals surface area (Å²) in [5.41, 5.74) is 5.13. The van der Waals surface area contributed by atoms with Crippen LogP contribution in [0.1, 0.15) is 28.1 Å². The van der Waals surface area contributed by atoms with Crippen LogP contribution >= 0.6 is 0 Å². The monoisotopic (exact) mass is 433 g/mol. The molecule has 1 amide bonds. The number of nitro groups is 1. The highest BCUT2D eigenvalue weighted by molar-refractivity contribution is 6.35. The average Bonchev–Trinajstić information content (AvgIpc) is 3.23. The second kappa shape index (κ2) is 8.22. The Kier molecular flexibility index (Phi) is 5.44. The third kappa shape index (κ3) is 3.71. The fraction of sp³-hybridized carbons (Fsp3) is 0.208. The smallest absolute Gasteiger partial charge is 0.270 e. The van der Waals surface area contributed by atoms with Crippen molar-refractivity contribution < 1.29 is 19.2 Å². The summed E-state index contributed by atoms with van der Waals surface area (Å²) in [6.45, 7) is 4.17. The maximum absolute atomic E-state index is 13.5. The zero-order valence-corrected chi connectivity index (χ0v) is 18.3. The first kappa shape index (κ1) is 21.2. The van der Waals surface area contributed by atoms with Crippen molar-refractivity contribution in [2.45, 2.75) is 20.4 Å². The van der Waals surface area contributed by atoms with Crippen LogP contribution in [-0.4, -0.2) is 30.0 Å². The largest absolute Gasteiger partial charge is 0.493 e. The van der Waals surface area contributed by atoms with Crippen molar-refractivity contribution >= 4 is 28.9 Å². The highest BCUT2D eigenvalue weighted by Gasteiger charge is 2.34. The number of aryl methyl sites for hydroxylation is 2. The summed E-state index contributed by atoms with van der Waals surface area (Å²) in [5.74, 6) is 0.939. The molecule has 2 heterocycles. The van der Waals surface area contributed by atoms with Gasteiger partial charge in [0.15, 0.2) is 11.5 Å². The molecule has 8 heteroatoms. The maximum Gasteiger partial charge on any atom is 0.270 e. The van der Waals surface area contributed by atoms with E-state index in [0.29, 0.717) is 28.3 Å².